The van der Waals surface area contributed by atoms with Gasteiger partial charge >= 0.3 is 17.9 Å². The third-order valence-corrected chi connectivity index (χ3v) is 8.57. The highest BCUT2D eigenvalue weighted by Gasteiger charge is 2.84. The minimum absolute atomic E-state index is 0.107. The molecule has 2 aliphatic carbocycles. The zero-order valence-corrected chi connectivity index (χ0v) is 18.2. The summed E-state index contributed by atoms with van der Waals surface area (Å²) in [6, 6.07) is 1.81. The highest BCUT2D eigenvalue weighted by Crippen LogP contribution is 2.73. The number of hydrogen-bond acceptors (Lipinski definition) is 8. The van der Waals surface area contributed by atoms with Gasteiger partial charge in [0.25, 0.3) is 0 Å². The van der Waals surface area contributed by atoms with Crippen molar-refractivity contribution in [2.24, 2.45) is 22.7 Å². The molecule has 1 aromatic heterocycles. The largest absolute Gasteiger partial charge is 0.472 e. The standard InChI is InChI=1S/C23H28O8/c1-12-9-18(29-13(2)24)21(3)16(5-6-17-23(21,31-17)20(26)27-4)22(12)10-15(30-19(22)25)14-7-8-28-11-14/h7-8,11-12,15-18H,5-6,9-10H2,1-4H3/t12-,15+,16+,17-,18-,21+,22-,23+/m1/s1. The molecule has 0 radical (unpaired) electrons. The van der Waals surface area contributed by atoms with E-state index in [2.05, 4.69) is 0 Å². The van der Waals surface area contributed by atoms with Crippen LogP contribution in [-0.2, 0) is 33.3 Å². The van der Waals surface area contributed by atoms with E-state index in [9.17, 15) is 14.4 Å². The number of esters is 3. The molecule has 5 rings (SSSR count). The zero-order chi connectivity index (χ0) is 22.2. The summed E-state index contributed by atoms with van der Waals surface area (Å²) in [5.74, 6) is -1.52. The number of epoxide rings is 1. The summed E-state index contributed by atoms with van der Waals surface area (Å²) in [6.07, 6.45) is 4.13. The second-order valence-corrected chi connectivity index (χ2v) is 9.68. The first kappa shape index (κ1) is 20.5. The predicted molar refractivity (Wildman–Crippen MR) is 104 cm³/mol. The van der Waals surface area contributed by atoms with Gasteiger partial charge in [-0.3, -0.25) is 9.59 Å². The molecule has 8 atom stereocenters. The first-order valence-electron chi connectivity index (χ1n) is 10.9. The molecular weight excluding hydrogens is 404 g/mol. The third kappa shape index (κ3) is 2.42. The molecule has 0 aromatic carbocycles. The van der Waals surface area contributed by atoms with E-state index in [1.807, 2.05) is 19.9 Å². The zero-order valence-electron chi connectivity index (χ0n) is 18.2. The molecule has 1 spiro atoms. The van der Waals surface area contributed by atoms with Gasteiger partial charge in [0.1, 0.15) is 12.2 Å². The Morgan fingerprint density at radius 2 is 2.03 bits per heavy atom. The average Bonchev–Trinajstić information content (AvgIpc) is 3.07. The van der Waals surface area contributed by atoms with Crippen LogP contribution in [0.5, 0.6) is 0 Å². The molecule has 0 bridgehead atoms. The average molecular weight is 432 g/mol. The van der Waals surface area contributed by atoms with Gasteiger partial charge in [0, 0.05) is 18.9 Å². The molecule has 31 heavy (non-hydrogen) atoms. The molecule has 8 heteroatoms. The molecule has 4 aliphatic rings. The van der Waals surface area contributed by atoms with Gasteiger partial charge < -0.3 is 23.4 Å². The molecule has 168 valence electrons. The molecule has 3 heterocycles. The predicted octanol–water partition coefficient (Wildman–Crippen LogP) is 2.95. The maximum atomic E-state index is 13.5. The van der Waals surface area contributed by atoms with Crippen LogP contribution >= 0.6 is 0 Å². The molecule has 8 nitrogen and oxygen atoms in total. The molecule has 4 fully saturated rings. The Labute approximate surface area is 180 Å². The highest BCUT2D eigenvalue weighted by molar-refractivity contribution is 5.87. The summed E-state index contributed by atoms with van der Waals surface area (Å²) in [5, 5.41) is 0. The number of hydrogen-bond donors (Lipinski definition) is 0. The number of fused-ring (bicyclic) bond motifs is 4. The maximum absolute atomic E-state index is 13.5. The summed E-state index contributed by atoms with van der Waals surface area (Å²) in [6.45, 7) is 5.30. The van der Waals surface area contributed by atoms with Crippen LogP contribution in [0.3, 0.4) is 0 Å². The summed E-state index contributed by atoms with van der Waals surface area (Å²) < 4.78 is 28.1. The van der Waals surface area contributed by atoms with Crippen molar-refractivity contribution in [1.29, 1.82) is 0 Å². The quantitative estimate of drug-likeness (QED) is 0.408. The van der Waals surface area contributed by atoms with Crippen molar-refractivity contribution in [2.75, 3.05) is 7.11 Å². The Morgan fingerprint density at radius 3 is 2.68 bits per heavy atom. The van der Waals surface area contributed by atoms with Gasteiger partial charge in [-0.1, -0.05) is 13.8 Å². The first-order valence-corrected chi connectivity index (χ1v) is 10.9. The molecule has 1 aromatic rings. The molecule has 0 N–H and O–H groups in total. The first-order chi connectivity index (χ1) is 14.7. The fourth-order valence-electron chi connectivity index (χ4n) is 7.10. The van der Waals surface area contributed by atoms with E-state index in [4.69, 9.17) is 23.4 Å². The van der Waals surface area contributed by atoms with Crippen molar-refractivity contribution >= 4 is 17.9 Å². The minimum Gasteiger partial charge on any atom is -0.472 e. The van der Waals surface area contributed by atoms with Crippen molar-refractivity contribution in [3.63, 3.8) is 0 Å². The number of furan rings is 1. The lowest BCUT2D eigenvalue weighted by Gasteiger charge is -2.59. The van der Waals surface area contributed by atoms with Crippen molar-refractivity contribution in [1.82, 2.24) is 0 Å². The summed E-state index contributed by atoms with van der Waals surface area (Å²) in [7, 11) is 1.34. The Morgan fingerprint density at radius 1 is 1.26 bits per heavy atom. The maximum Gasteiger partial charge on any atom is 0.341 e. The molecular formula is C23H28O8. The van der Waals surface area contributed by atoms with Crippen molar-refractivity contribution in [3.05, 3.63) is 24.2 Å². The van der Waals surface area contributed by atoms with Crippen LogP contribution in [0, 0.1) is 22.7 Å². The summed E-state index contributed by atoms with van der Waals surface area (Å²) in [4.78, 5) is 38.6. The fourth-order valence-corrected chi connectivity index (χ4v) is 7.10. The number of carbonyl (C=O) groups excluding carboxylic acids is 3. The van der Waals surface area contributed by atoms with E-state index in [-0.39, 0.29) is 23.9 Å². The number of cyclic esters (lactones) is 1. The van der Waals surface area contributed by atoms with Crippen LogP contribution in [0.2, 0.25) is 0 Å². The normalized spacial score (nSPS) is 45.4. The van der Waals surface area contributed by atoms with Crippen molar-refractivity contribution in [3.8, 4) is 0 Å². The van der Waals surface area contributed by atoms with Crippen LogP contribution in [-0.4, -0.2) is 42.8 Å². The topological polar surface area (TPSA) is 105 Å². The van der Waals surface area contributed by atoms with Gasteiger partial charge in [0.2, 0.25) is 5.60 Å². The van der Waals surface area contributed by atoms with E-state index in [1.165, 1.54) is 14.0 Å². The smallest absolute Gasteiger partial charge is 0.341 e. The number of ether oxygens (including phenoxy) is 4. The summed E-state index contributed by atoms with van der Waals surface area (Å²) >= 11 is 0. The Bertz CT molecular complexity index is 924. The number of methoxy groups -OCH3 is 1. The van der Waals surface area contributed by atoms with E-state index in [1.54, 1.807) is 12.5 Å². The van der Waals surface area contributed by atoms with E-state index in [0.29, 0.717) is 25.7 Å². The lowest BCUT2D eigenvalue weighted by atomic mass is 9.43. The van der Waals surface area contributed by atoms with Crippen LogP contribution in [0.25, 0.3) is 0 Å². The van der Waals surface area contributed by atoms with Gasteiger partial charge in [-0.15, -0.1) is 0 Å². The molecule has 2 saturated heterocycles. The van der Waals surface area contributed by atoms with Gasteiger partial charge in [0.05, 0.1) is 36.6 Å². The lowest BCUT2D eigenvalue weighted by molar-refractivity contribution is -0.210. The second-order valence-electron chi connectivity index (χ2n) is 9.68. The van der Waals surface area contributed by atoms with Gasteiger partial charge in [-0.05, 0) is 37.2 Å². The molecule has 0 unspecified atom stereocenters. The van der Waals surface area contributed by atoms with Gasteiger partial charge in [-0.2, -0.15) is 0 Å². The van der Waals surface area contributed by atoms with Crippen molar-refractivity contribution < 1.29 is 37.7 Å². The van der Waals surface area contributed by atoms with Crippen LogP contribution < -0.4 is 0 Å². The number of carbonyl (C=O) groups is 3. The molecule has 0 amide bonds. The highest BCUT2D eigenvalue weighted by atomic mass is 16.7. The summed E-state index contributed by atoms with van der Waals surface area (Å²) in [5.41, 5.74) is -2.12. The number of rotatable bonds is 3. The van der Waals surface area contributed by atoms with Gasteiger partial charge in [0.15, 0.2) is 0 Å². The third-order valence-electron chi connectivity index (χ3n) is 8.57. The van der Waals surface area contributed by atoms with Crippen LogP contribution in [0.15, 0.2) is 23.0 Å². The lowest BCUT2D eigenvalue weighted by Crippen LogP contribution is -2.67. The van der Waals surface area contributed by atoms with E-state index >= 15 is 0 Å². The Hall–Kier alpha value is -2.35. The minimum atomic E-state index is -1.22. The van der Waals surface area contributed by atoms with Crippen molar-refractivity contribution in [2.45, 2.75) is 70.4 Å². The van der Waals surface area contributed by atoms with Crippen LogP contribution in [0.1, 0.15) is 58.1 Å². The monoisotopic (exact) mass is 432 g/mol. The molecule has 2 saturated carbocycles. The Balaban J connectivity index is 1.62. The second kappa shape index (κ2) is 6.58. The van der Waals surface area contributed by atoms with E-state index < -0.39 is 40.6 Å². The molecule has 2 aliphatic heterocycles. The van der Waals surface area contributed by atoms with Gasteiger partial charge in [-0.25, -0.2) is 4.79 Å². The fraction of sp³-hybridized carbons (Fsp3) is 0.696. The van der Waals surface area contributed by atoms with E-state index in [0.717, 1.165) is 5.56 Å². The Kier molecular flexibility index (Phi) is 4.36. The SMILES string of the molecule is COC(=O)[C@@]12O[C@@H]1CC[C@@H]1[C@@]3(C[C@@H](c4ccoc4)OC3=O)[C@H](C)C[C@@H](OC(C)=O)[C@]12C. The van der Waals surface area contributed by atoms with Crippen LogP contribution in [0.4, 0.5) is 0 Å².